The first-order chi connectivity index (χ1) is 9.66. The Morgan fingerprint density at radius 3 is 2.65 bits per heavy atom. The van der Waals surface area contributed by atoms with Crippen molar-refractivity contribution in [3.8, 4) is 0 Å². The molecule has 5 nitrogen and oxygen atoms in total. The van der Waals surface area contributed by atoms with Gasteiger partial charge in [-0.15, -0.1) is 0 Å². The highest BCUT2D eigenvalue weighted by Gasteiger charge is 2.26. The van der Waals surface area contributed by atoms with Gasteiger partial charge in [0.25, 0.3) is 0 Å². The predicted octanol–water partition coefficient (Wildman–Crippen LogP) is 1.84. The molecule has 1 aromatic rings. The minimum absolute atomic E-state index is 0.119. The summed E-state index contributed by atoms with van der Waals surface area (Å²) in [5.41, 5.74) is 0.496. The highest BCUT2D eigenvalue weighted by molar-refractivity contribution is 5.99. The number of aromatic nitrogens is 1. The van der Waals surface area contributed by atoms with Gasteiger partial charge in [0.1, 0.15) is 0 Å². The molecule has 20 heavy (non-hydrogen) atoms. The SMILES string of the molecule is O=C(O)CC(CN1CCCCC1)C(=O)c1cccnc1. The van der Waals surface area contributed by atoms with Crippen molar-refractivity contribution in [1.82, 2.24) is 9.88 Å². The van der Waals surface area contributed by atoms with Gasteiger partial charge in [0.15, 0.2) is 5.78 Å². The molecular weight excluding hydrogens is 256 g/mol. The van der Waals surface area contributed by atoms with Crippen LogP contribution >= 0.6 is 0 Å². The molecule has 0 bridgehead atoms. The molecule has 1 aromatic heterocycles. The lowest BCUT2D eigenvalue weighted by atomic mass is 9.94. The third-order valence-corrected chi connectivity index (χ3v) is 3.67. The van der Waals surface area contributed by atoms with Gasteiger partial charge in [0, 0.05) is 30.4 Å². The number of carbonyl (C=O) groups excluding carboxylic acids is 1. The van der Waals surface area contributed by atoms with E-state index in [2.05, 4.69) is 9.88 Å². The van der Waals surface area contributed by atoms with Gasteiger partial charge in [-0.1, -0.05) is 6.42 Å². The van der Waals surface area contributed by atoms with Crippen LogP contribution in [-0.2, 0) is 4.79 Å². The molecule has 1 atom stereocenters. The number of ketones is 1. The largest absolute Gasteiger partial charge is 0.481 e. The van der Waals surface area contributed by atoms with E-state index in [1.54, 1.807) is 18.3 Å². The molecule has 0 radical (unpaired) electrons. The van der Waals surface area contributed by atoms with Gasteiger partial charge in [0.2, 0.25) is 0 Å². The number of carboxylic acid groups (broad SMARTS) is 1. The normalized spacial score (nSPS) is 17.6. The number of carbonyl (C=O) groups is 2. The van der Waals surface area contributed by atoms with Crippen molar-refractivity contribution < 1.29 is 14.7 Å². The van der Waals surface area contributed by atoms with E-state index in [0.717, 1.165) is 25.9 Å². The molecule has 1 saturated heterocycles. The lowest BCUT2D eigenvalue weighted by molar-refractivity contribution is -0.137. The molecule has 1 unspecified atom stereocenters. The van der Waals surface area contributed by atoms with Crippen LogP contribution < -0.4 is 0 Å². The first-order valence-electron chi connectivity index (χ1n) is 7.05. The summed E-state index contributed by atoms with van der Waals surface area (Å²) < 4.78 is 0. The fourth-order valence-corrected chi connectivity index (χ4v) is 2.65. The molecule has 1 aliphatic rings. The summed E-state index contributed by atoms with van der Waals surface area (Å²) in [6.45, 7) is 2.44. The van der Waals surface area contributed by atoms with E-state index in [-0.39, 0.29) is 12.2 Å². The van der Waals surface area contributed by atoms with Crippen molar-refractivity contribution in [2.24, 2.45) is 5.92 Å². The highest BCUT2D eigenvalue weighted by atomic mass is 16.4. The Morgan fingerprint density at radius 2 is 2.05 bits per heavy atom. The van der Waals surface area contributed by atoms with Gasteiger partial charge in [0.05, 0.1) is 6.42 Å². The Labute approximate surface area is 118 Å². The van der Waals surface area contributed by atoms with Gasteiger partial charge in [-0.05, 0) is 38.1 Å². The topological polar surface area (TPSA) is 70.5 Å². The third kappa shape index (κ3) is 4.13. The van der Waals surface area contributed by atoms with Crippen LogP contribution in [0.4, 0.5) is 0 Å². The first kappa shape index (κ1) is 14.7. The van der Waals surface area contributed by atoms with Crippen LogP contribution in [0.5, 0.6) is 0 Å². The van der Waals surface area contributed by atoms with Crippen molar-refractivity contribution in [2.75, 3.05) is 19.6 Å². The van der Waals surface area contributed by atoms with E-state index in [1.165, 1.54) is 12.6 Å². The second-order valence-electron chi connectivity index (χ2n) is 5.26. The fraction of sp³-hybridized carbons (Fsp3) is 0.533. The monoisotopic (exact) mass is 276 g/mol. The molecule has 0 aromatic carbocycles. The lowest BCUT2D eigenvalue weighted by Crippen LogP contribution is -2.37. The maximum absolute atomic E-state index is 12.4. The summed E-state index contributed by atoms with van der Waals surface area (Å²) in [7, 11) is 0. The number of likely N-dealkylation sites (tertiary alicyclic amines) is 1. The van der Waals surface area contributed by atoms with E-state index in [0.29, 0.717) is 12.1 Å². The predicted molar refractivity (Wildman–Crippen MR) is 74.6 cm³/mol. The second kappa shape index (κ2) is 7.14. The average Bonchev–Trinajstić information content (AvgIpc) is 2.47. The zero-order chi connectivity index (χ0) is 14.4. The Bertz CT molecular complexity index is 455. The van der Waals surface area contributed by atoms with E-state index in [4.69, 9.17) is 5.11 Å². The first-order valence-corrected chi connectivity index (χ1v) is 7.05. The van der Waals surface area contributed by atoms with Crippen LogP contribution in [0.25, 0.3) is 0 Å². The number of carboxylic acids is 1. The van der Waals surface area contributed by atoms with Crippen molar-refractivity contribution >= 4 is 11.8 Å². The summed E-state index contributed by atoms with van der Waals surface area (Å²) in [5.74, 6) is -1.54. The van der Waals surface area contributed by atoms with E-state index >= 15 is 0 Å². The van der Waals surface area contributed by atoms with Crippen molar-refractivity contribution in [3.05, 3.63) is 30.1 Å². The van der Waals surface area contributed by atoms with Gasteiger partial charge in [-0.3, -0.25) is 14.6 Å². The van der Waals surface area contributed by atoms with Crippen LogP contribution in [0, 0.1) is 5.92 Å². The molecule has 0 aliphatic carbocycles. The molecule has 1 fully saturated rings. The van der Waals surface area contributed by atoms with Gasteiger partial charge in [-0.2, -0.15) is 0 Å². The van der Waals surface area contributed by atoms with Gasteiger partial charge >= 0.3 is 5.97 Å². The number of aliphatic carboxylic acids is 1. The van der Waals surface area contributed by atoms with Crippen LogP contribution in [0.15, 0.2) is 24.5 Å². The summed E-state index contributed by atoms with van der Waals surface area (Å²) in [4.78, 5) is 29.6. The molecule has 2 rings (SSSR count). The number of pyridine rings is 1. The smallest absolute Gasteiger partial charge is 0.304 e. The maximum Gasteiger partial charge on any atom is 0.304 e. The maximum atomic E-state index is 12.4. The minimum Gasteiger partial charge on any atom is -0.481 e. The number of nitrogens with zero attached hydrogens (tertiary/aromatic N) is 2. The summed E-state index contributed by atoms with van der Waals surface area (Å²) in [5, 5.41) is 9.02. The Kier molecular flexibility index (Phi) is 5.24. The molecule has 1 aliphatic heterocycles. The Balaban J connectivity index is 2.06. The minimum atomic E-state index is -0.927. The molecule has 1 N–H and O–H groups in total. The zero-order valence-corrected chi connectivity index (χ0v) is 11.5. The Hall–Kier alpha value is -1.75. The van der Waals surface area contributed by atoms with Gasteiger partial charge in [-0.25, -0.2) is 0 Å². The molecule has 2 heterocycles. The van der Waals surface area contributed by atoms with E-state index in [1.807, 2.05) is 0 Å². The van der Waals surface area contributed by atoms with Crippen molar-refractivity contribution in [2.45, 2.75) is 25.7 Å². The summed E-state index contributed by atoms with van der Waals surface area (Å²) in [6.07, 6.45) is 6.46. The number of piperidine rings is 1. The molecule has 108 valence electrons. The average molecular weight is 276 g/mol. The lowest BCUT2D eigenvalue weighted by Gasteiger charge is -2.29. The third-order valence-electron chi connectivity index (χ3n) is 3.67. The van der Waals surface area contributed by atoms with Crippen molar-refractivity contribution in [1.29, 1.82) is 0 Å². The number of hydrogen-bond acceptors (Lipinski definition) is 4. The van der Waals surface area contributed by atoms with Crippen LogP contribution in [0.3, 0.4) is 0 Å². The molecule has 5 heteroatoms. The van der Waals surface area contributed by atoms with Gasteiger partial charge < -0.3 is 10.0 Å². The van der Waals surface area contributed by atoms with Crippen LogP contribution in [0.1, 0.15) is 36.0 Å². The zero-order valence-electron chi connectivity index (χ0n) is 11.5. The van der Waals surface area contributed by atoms with Crippen LogP contribution in [0.2, 0.25) is 0 Å². The fourth-order valence-electron chi connectivity index (χ4n) is 2.65. The molecule has 0 amide bonds. The standard InChI is InChI=1S/C15H20N2O3/c18-14(19)9-13(11-17-7-2-1-3-8-17)15(20)12-5-4-6-16-10-12/h4-6,10,13H,1-3,7-9,11H2,(H,18,19). The number of rotatable bonds is 6. The van der Waals surface area contributed by atoms with Crippen LogP contribution in [-0.4, -0.2) is 46.4 Å². The van der Waals surface area contributed by atoms with E-state index in [9.17, 15) is 9.59 Å². The number of hydrogen-bond donors (Lipinski definition) is 1. The Morgan fingerprint density at radius 1 is 1.30 bits per heavy atom. The summed E-state index contributed by atoms with van der Waals surface area (Å²) in [6, 6.07) is 3.40. The molecule has 0 saturated carbocycles. The quantitative estimate of drug-likeness (QED) is 0.803. The van der Waals surface area contributed by atoms with E-state index < -0.39 is 11.9 Å². The van der Waals surface area contributed by atoms with Crippen molar-refractivity contribution in [3.63, 3.8) is 0 Å². The number of Topliss-reactive ketones (excluding diaryl/α,β-unsaturated/α-hetero) is 1. The summed E-state index contributed by atoms with van der Waals surface area (Å²) >= 11 is 0. The highest BCUT2D eigenvalue weighted by Crippen LogP contribution is 2.17. The second-order valence-corrected chi connectivity index (χ2v) is 5.26. The molecular formula is C15H20N2O3. The molecule has 0 spiro atoms.